The van der Waals surface area contributed by atoms with Crippen LogP contribution in [0, 0.1) is 5.92 Å². The van der Waals surface area contributed by atoms with Gasteiger partial charge in [0, 0.05) is 32.9 Å². The van der Waals surface area contributed by atoms with Crippen molar-refractivity contribution >= 4 is 40.0 Å². The van der Waals surface area contributed by atoms with Crippen molar-refractivity contribution in [2.24, 2.45) is 5.92 Å². The molecule has 134 valence electrons. The van der Waals surface area contributed by atoms with Crippen LogP contribution in [-0.2, 0) is 19.1 Å². The van der Waals surface area contributed by atoms with Crippen LogP contribution < -0.4 is 5.32 Å². The summed E-state index contributed by atoms with van der Waals surface area (Å²) in [6.07, 6.45) is 0.216. The number of nitrogens with zero attached hydrogens (tertiary/aromatic N) is 3. The number of aromatic nitrogens is 2. The van der Waals surface area contributed by atoms with Gasteiger partial charge in [0.15, 0.2) is 4.34 Å². The molecule has 0 bridgehead atoms. The Labute approximate surface area is 149 Å². The summed E-state index contributed by atoms with van der Waals surface area (Å²) in [4.78, 5) is 26.1. The Morgan fingerprint density at radius 1 is 1.46 bits per heavy atom. The quantitative estimate of drug-likeness (QED) is 0.393. The lowest BCUT2D eigenvalue weighted by atomic mass is 10.1. The molecule has 0 radical (unpaired) electrons. The molecule has 2 atom stereocenters. The first-order chi connectivity index (χ1) is 11.5. The largest absolute Gasteiger partial charge is 0.384 e. The second-order valence-electron chi connectivity index (χ2n) is 5.46. The van der Waals surface area contributed by atoms with Gasteiger partial charge in [0.05, 0.1) is 25.2 Å². The lowest BCUT2D eigenvalue weighted by molar-refractivity contribution is -0.130. The van der Waals surface area contributed by atoms with Crippen molar-refractivity contribution in [2.45, 2.75) is 23.7 Å². The Morgan fingerprint density at radius 3 is 2.96 bits per heavy atom. The van der Waals surface area contributed by atoms with E-state index in [2.05, 4.69) is 15.5 Å². The lowest BCUT2D eigenvalue weighted by Crippen LogP contribution is -2.38. The zero-order chi connectivity index (χ0) is 17.5. The third-order valence-corrected chi connectivity index (χ3v) is 5.56. The van der Waals surface area contributed by atoms with Gasteiger partial charge in [0.1, 0.15) is 0 Å². The number of carbonyl (C=O) groups excluding carboxylic acids is 2. The van der Waals surface area contributed by atoms with Crippen LogP contribution in [0.2, 0.25) is 0 Å². The Kier molecular flexibility index (Phi) is 7.40. The molecule has 2 heterocycles. The van der Waals surface area contributed by atoms with Crippen molar-refractivity contribution in [3.8, 4) is 0 Å². The molecule has 1 saturated heterocycles. The molecule has 2 amide bonds. The normalized spacial score (nSPS) is 18.9. The van der Waals surface area contributed by atoms with E-state index < -0.39 is 0 Å². The van der Waals surface area contributed by atoms with Gasteiger partial charge >= 0.3 is 0 Å². The van der Waals surface area contributed by atoms with Gasteiger partial charge in [0.25, 0.3) is 0 Å². The van der Waals surface area contributed by atoms with E-state index in [1.165, 1.54) is 23.1 Å². The summed E-state index contributed by atoms with van der Waals surface area (Å²) in [5.41, 5.74) is 0. The molecule has 1 aliphatic heterocycles. The maximum Gasteiger partial charge on any atom is 0.231 e. The first-order valence-corrected chi connectivity index (χ1v) is 9.39. The van der Waals surface area contributed by atoms with Gasteiger partial charge in [-0.05, 0) is 6.92 Å². The molecule has 0 aliphatic carbocycles. The second-order valence-corrected chi connectivity index (χ2v) is 7.77. The number of hydrogen-bond donors (Lipinski definition) is 1. The van der Waals surface area contributed by atoms with E-state index in [9.17, 15) is 9.59 Å². The highest BCUT2D eigenvalue weighted by molar-refractivity contribution is 8.01. The summed E-state index contributed by atoms with van der Waals surface area (Å²) in [5.74, 6) is 0.195. The Hall–Kier alpha value is -1.23. The summed E-state index contributed by atoms with van der Waals surface area (Å²) in [5, 5.41) is 11.2. The van der Waals surface area contributed by atoms with Crippen molar-refractivity contribution in [1.82, 2.24) is 15.1 Å². The van der Waals surface area contributed by atoms with E-state index >= 15 is 0 Å². The Morgan fingerprint density at radius 2 is 2.25 bits per heavy atom. The molecule has 0 spiro atoms. The molecule has 1 aliphatic rings. The van der Waals surface area contributed by atoms with Crippen LogP contribution in [-0.4, -0.2) is 72.7 Å². The molecule has 0 saturated carbocycles. The standard InChI is InChI=1S/C14H22N4O4S2/c1-9(8-22-3)18-7-10(6-11(18)19)12(20)15-13-16-17-14(24-13)23-5-4-21-2/h9-10H,4-8H2,1-3H3,(H,15,16,20)/t9-,10+/m0/s1. The number of carbonyl (C=O) groups is 2. The van der Waals surface area contributed by atoms with Crippen molar-refractivity contribution in [1.29, 1.82) is 0 Å². The minimum atomic E-state index is -0.370. The smallest absolute Gasteiger partial charge is 0.231 e. The Balaban J connectivity index is 1.85. The minimum absolute atomic E-state index is 0.0206. The first-order valence-electron chi connectivity index (χ1n) is 7.59. The topological polar surface area (TPSA) is 93.7 Å². The van der Waals surface area contributed by atoms with Crippen LogP contribution in [0.3, 0.4) is 0 Å². The van der Waals surface area contributed by atoms with Crippen molar-refractivity contribution in [3.63, 3.8) is 0 Å². The van der Waals surface area contributed by atoms with E-state index in [1.54, 1.807) is 19.1 Å². The number of likely N-dealkylation sites (tertiary alicyclic amines) is 1. The third-order valence-electron chi connectivity index (χ3n) is 3.62. The zero-order valence-electron chi connectivity index (χ0n) is 14.0. The van der Waals surface area contributed by atoms with Crippen LogP contribution in [0.5, 0.6) is 0 Å². The molecule has 0 aromatic carbocycles. The van der Waals surface area contributed by atoms with E-state index in [4.69, 9.17) is 9.47 Å². The van der Waals surface area contributed by atoms with Gasteiger partial charge < -0.3 is 19.7 Å². The maximum atomic E-state index is 12.3. The monoisotopic (exact) mass is 374 g/mol. The molecule has 1 aromatic rings. The maximum absolute atomic E-state index is 12.3. The Bertz CT molecular complexity index is 569. The van der Waals surface area contributed by atoms with Crippen molar-refractivity contribution in [2.75, 3.05) is 45.0 Å². The van der Waals surface area contributed by atoms with Gasteiger partial charge in [-0.1, -0.05) is 23.1 Å². The van der Waals surface area contributed by atoms with E-state index in [-0.39, 0.29) is 30.2 Å². The average molecular weight is 374 g/mol. The predicted molar refractivity (Wildman–Crippen MR) is 92.3 cm³/mol. The van der Waals surface area contributed by atoms with Crippen LogP contribution >= 0.6 is 23.1 Å². The summed E-state index contributed by atoms with van der Waals surface area (Å²) in [6.45, 7) is 3.41. The average Bonchev–Trinajstić information content (AvgIpc) is 3.14. The van der Waals surface area contributed by atoms with E-state index in [0.717, 1.165) is 10.1 Å². The van der Waals surface area contributed by atoms with Crippen molar-refractivity contribution in [3.05, 3.63) is 0 Å². The lowest BCUT2D eigenvalue weighted by Gasteiger charge is -2.23. The highest BCUT2D eigenvalue weighted by atomic mass is 32.2. The SMILES string of the molecule is COCCSc1nnc(NC(=O)[C@@H]2CC(=O)N([C@@H](C)COC)C2)s1. The molecule has 8 nitrogen and oxygen atoms in total. The minimum Gasteiger partial charge on any atom is -0.384 e. The van der Waals surface area contributed by atoms with Gasteiger partial charge in [-0.3, -0.25) is 9.59 Å². The zero-order valence-corrected chi connectivity index (χ0v) is 15.6. The molecular formula is C14H22N4O4S2. The molecule has 1 aromatic heterocycles. The van der Waals surface area contributed by atoms with Crippen LogP contribution in [0.1, 0.15) is 13.3 Å². The van der Waals surface area contributed by atoms with Crippen LogP contribution in [0.25, 0.3) is 0 Å². The fraction of sp³-hybridized carbons (Fsp3) is 0.714. The van der Waals surface area contributed by atoms with Crippen molar-refractivity contribution < 1.29 is 19.1 Å². The van der Waals surface area contributed by atoms with E-state index in [1.807, 2.05) is 6.92 Å². The van der Waals surface area contributed by atoms with Gasteiger partial charge in [-0.2, -0.15) is 0 Å². The van der Waals surface area contributed by atoms with Crippen LogP contribution in [0.15, 0.2) is 4.34 Å². The third kappa shape index (κ3) is 5.13. The molecule has 10 heteroatoms. The molecule has 1 N–H and O–H groups in total. The highest BCUT2D eigenvalue weighted by Crippen LogP contribution is 2.27. The number of rotatable bonds is 9. The number of amides is 2. The highest BCUT2D eigenvalue weighted by Gasteiger charge is 2.36. The fourth-order valence-electron chi connectivity index (χ4n) is 2.40. The van der Waals surface area contributed by atoms with Gasteiger partial charge in [0.2, 0.25) is 16.9 Å². The summed E-state index contributed by atoms with van der Waals surface area (Å²) >= 11 is 2.85. The fourth-order valence-corrected chi connectivity index (χ4v) is 4.13. The predicted octanol–water partition coefficient (Wildman–Crippen LogP) is 1.10. The number of anilines is 1. The van der Waals surface area contributed by atoms with Gasteiger partial charge in [-0.15, -0.1) is 10.2 Å². The number of ether oxygens (including phenoxy) is 2. The summed E-state index contributed by atoms with van der Waals surface area (Å²) in [6, 6.07) is -0.0365. The second kappa shape index (κ2) is 9.30. The number of methoxy groups -OCH3 is 2. The number of nitrogens with one attached hydrogen (secondary N) is 1. The first kappa shape index (κ1) is 19.1. The summed E-state index contributed by atoms with van der Waals surface area (Å²) in [7, 11) is 3.24. The molecule has 24 heavy (non-hydrogen) atoms. The molecule has 2 rings (SSSR count). The van der Waals surface area contributed by atoms with Gasteiger partial charge in [-0.25, -0.2) is 0 Å². The number of hydrogen-bond acceptors (Lipinski definition) is 8. The molecule has 0 unspecified atom stereocenters. The number of thioether (sulfide) groups is 1. The van der Waals surface area contributed by atoms with E-state index in [0.29, 0.717) is 24.9 Å². The van der Waals surface area contributed by atoms with Crippen LogP contribution in [0.4, 0.5) is 5.13 Å². The molecular weight excluding hydrogens is 352 g/mol. The molecule has 1 fully saturated rings. The summed E-state index contributed by atoms with van der Waals surface area (Å²) < 4.78 is 10.8.